The van der Waals surface area contributed by atoms with Crippen molar-refractivity contribution in [2.75, 3.05) is 13.1 Å². The third-order valence-electron chi connectivity index (χ3n) is 3.77. The second-order valence-electron chi connectivity index (χ2n) is 5.34. The molecule has 108 valence electrons. The Morgan fingerprint density at radius 3 is 2.00 bits per heavy atom. The first-order valence-corrected chi connectivity index (χ1v) is 7.67. The van der Waals surface area contributed by atoms with Crippen molar-refractivity contribution < 1.29 is 5.11 Å². The predicted molar refractivity (Wildman–Crippen MR) is 82.3 cm³/mol. The standard InChI is InChI=1S/C17H29NO/c1-4-6-13-18(14-7-5-2)15(3)17(19)16-11-9-8-10-12-16/h8-12,15,17,19H,4-7,13-14H2,1-3H3/t15-,17+/m0/s1. The van der Waals surface area contributed by atoms with E-state index in [1.165, 1.54) is 25.7 Å². The number of aliphatic hydroxyl groups is 1. The van der Waals surface area contributed by atoms with Crippen LogP contribution in [0.15, 0.2) is 30.3 Å². The molecule has 0 aromatic heterocycles. The fourth-order valence-corrected chi connectivity index (χ4v) is 2.37. The molecule has 0 aliphatic rings. The third-order valence-corrected chi connectivity index (χ3v) is 3.77. The molecule has 2 atom stereocenters. The Kier molecular flexibility index (Phi) is 7.76. The summed E-state index contributed by atoms with van der Waals surface area (Å²) < 4.78 is 0. The van der Waals surface area contributed by atoms with Gasteiger partial charge in [-0.2, -0.15) is 0 Å². The minimum absolute atomic E-state index is 0.181. The average Bonchev–Trinajstić information content (AvgIpc) is 2.47. The van der Waals surface area contributed by atoms with Gasteiger partial charge < -0.3 is 5.11 Å². The molecule has 0 heterocycles. The zero-order chi connectivity index (χ0) is 14.1. The van der Waals surface area contributed by atoms with Crippen LogP contribution in [0.3, 0.4) is 0 Å². The van der Waals surface area contributed by atoms with Crippen LogP contribution in [0, 0.1) is 0 Å². The molecule has 0 unspecified atom stereocenters. The number of benzene rings is 1. The average molecular weight is 263 g/mol. The van der Waals surface area contributed by atoms with E-state index in [4.69, 9.17) is 0 Å². The van der Waals surface area contributed by atoms with E-state index in [9.17, 15) is 5.11 Å². The fourth-order valence-electron chi connectivity index (χ4n) is 2.37. The summed E-state index contributed by atoms with van der Waals surface area (Å²) in [5.41, 5.74) is 1.02. The van der Waals surface area contributed by atoms with Crippen molar-refractivity contribution in [1.82, 2.24) is 4.90 Å². The van der Waals surface area contributed by atoms with Gasteiger partial charge in [-0.3, -0.25) is 4.90 Å². The summed E-state index contributed by atoms with van der Waals surface area (Å²) in [7, 11) is 0. The second kappa shape index (κ2) is 9.11. The van der Waals surface area contributed by atoms with Crippen LogP contribution in [0.1, 0.15) is 58.1 Å². The summed E-state index contributed by atoms with van der Waals surface area (Å²) in [5, 5.41) is 10.5. The normalized spacial score (nSPS) is 14.6. The third kappa shape index (κ3) is 5.33. The lowest BCUT2D eigenvalue weighted by molar-refractivity contribution is 0.0560. The maximum Gasteiger partial charge on any atom is 0.0942 e. The van der Waals surface area contributed by atoms with E-state index in [0.29, 0.717) is 0 Å². The summed E-state index contributed by atoms with van der Waals surface area (Å²) in [4.78, 5) is 2.44. The van der Waals surface area contributed by atoms with E-state index < -0.39 is 6.10 Å². The van der Waals surface area contributed by atoms with Crippen molar-refractivity contribution in [3.63, 3.8) is 0 Å². The summed E-state index contributed by atoms with van der Waals surface area (Å²) in [6.07, 6.45) is 4.42. The molecule has 0 saturated heterocycles. The molecule has 19 heavy (non-hydrogen) atoms. The van der Waals surface area contributed by atoms with Gasteiger partial charge in [0.2, 0.25) is 0 Å². The molecule has 1 rings (SSSR count). The van der Waals surface area contributed by atoms with Crippen molar-refractivity contribution >= 4 is 0 Å². The van der Waals surface area contributed by atoms with Gasteiger partial charge in [0, 0.05) is 6.04 Å². The number of nitrogens with zero attached hydrogens (tertiary/aromatic N) is 1. The Labute approximate surface area is 118 Å². The van der Waals surface area contributed by atoms with Gasteiger partial charge in [0.1, 0.15) is 0 Å². The largest absolute Gasteiger partial charge is 0.387 e. The van der Waals surface area contributed by atoms with Crippen LogP contribution in [0.2, 0.25) is 0 Å². The van der Waals surface area contributed by atoms with Crippen LogP contribution in [-0.4, -0.2) is 29.1 Å². The Bertz CT molecular complexity index is 317. The molecule has 2 heteroatoms. The zero-order valence-corrected chi connectivity index (χ0v) is 12.7. The van der Waals surface area contributed by atoms with E-state index in [1.54, 1.807) is 0 Å². The minimum atomic E-state index is -0.394. The highest BCUT2D eigenvalue weighted by molar-refractivity contribution is 5.18. The van der Waals surface area contributed by atoms with Crippen molar-refractivity contribution in [3.8, 4) is 0 Å². The lowest BCUT2D eigenvalue weighted by Gasteiger charge is -2.32. The van der Waals surface area contributed by atoms with Gasteiger partial charge in [-0.25, -0.2) is 0 Å². The second-order valence-corrected chi connectivity index (χ2v) is 5.34. The number of aliphatic hydroxyl groups excluding tert-OH is 1. The molecule has 0 fully saturated rings. The maximum atomic E-state index is 10.5. The van der Waals surface area contributed by atoms with E-state index >= 15 is 0 Å². The predicted octanol–water partition coefficient (Wildman–Crippen LogP) is 4.01. The van der Waals surface area contributed by atoms with Gasteiger partial charge in [-0.1, -0.05) is 57.0 Å². The molecular weight excluding hydrogens is 234 g/mol. The number of rotatable bonds is 9. The Balaban J connectivity index is 2.65. The van der Waals surface area contributed by atoms with Crippen LogP contribution < -0.4 is 0 Å². The highest BCUT2D eigenvalue weighted by Gasteiger charge is 2.22. The highest BCUT2D eigenvalue weighted by atomic mass is 16.3. The Morgan fingerprint density at radius 2 is 1.53 bits per heavy atom. The molecule has 0 spiro atoms. The van der Waals surface area contributed by atoms with Crippen molar-refractivity contribution in [2.45, 2.75) is 58.6 Å². The molecule has 2 nitrogen and oxygen atoms in total. The lowest BCUT2D eigenvalue weighted by atomic mass is 10.0. The van der Waals surface area contributed by atoms with E-state index in [2.05, 4.69) is 25.7 Å². The van der Waals surface area contributed by atoms with E-state index in [-0.39, 0.29) is 6.04 Å². The summed E-state index contributed by atoms with van der Waals surface area (Å²) in [5.74, 6) is 0. The highest BCUT2D eigenvalue weighted by Crippen LogP contribution is 2.21. The van der Waals surface area contributed by atoms with Gasteiger partial charge in [0.15, 0.2) is 0 Å². The fraction of sp³-hybridized carbons (Fsp3) is 0.647. The molecule has 0 bridgehead atoms. The topological polar surface area (TPSA) is 23.5 Å². The maximum absolute atomic E-state index is 10.5. The molecule has 0 saturated carbocycles. The van der Waals surface area contributed by atoms with Gasteiger partial charge in [0.05, 0.1) is 6.10 Å². The molecule has 1 N–H and O–H groups in total. The van der Waals surface area contributed by atoms with E-state index in [1.807, 2.05) is 30.3 Å². The number of unbranched alkanes of at least 4 members (excludes halogenated alkanes) is 2. The van der Waals surface area contributed by atoms with Crippen LogP contribution in [0.25, 0.3) is 0 Å². The van der Waals surface area contributed by atoms with Crippen molar-refractivity contribution in [3.05, 3.63) is 35.9 Å². The quantitative estimate of drug-likeness (QED) is 0.727. The van der Waals surface area contributed by atoms with Gasteiger partial charge >= 0.3 is 0 Å². The molecule has 0 radical (unpaired) electrons. The first kappa shape index (κ1) is 16.2. The first-order valence-electron chi connectivity index (χ1n) is 7.67. The summed E-state index contributed by atoms with van der Waals surface area (Å²) in [6.45, 7) is 8.75. The van der Waals surface area contributed by atoms with Crippen LogP contribution in [-0.2, 0) is 0 Å². The SMILES string of the molecule is CCCCN(CCCC)[C@@H](C)[C@@H](O)c1ccccc1. The lowest BCUT2D eigenvalue weighted by Crippen LogP contribution is -2.39. The molecule has 1 aromatic carbocycles. The van der Waals surface area contributed by atoms with Gasteiger partial charge in [-0.15, -0.1) is 0 Å². The summed E-state index contributed by atoms with van der Waals surface area (Å²) in [6, 6.07) is 10.2. The molecule has 0 aliphatic carbocycles. The molecule has 0 aliphatic heterocycles. The Hall–Kier alpha value is -0.860. The van der Waals surface area contributed by atoms with Gasteiger partial charge in [0.25, 0.3) is 0 Å². The van der Waals surface area contributed by atoms with Gasteiger partial charge in [-0.05, 0) is 38.4 Å². The van der Waals surface area contributed by atoms with Crippen molar-refractivity contribution in [1.29, 1.82) is 0 Å². The molecule has 1 aromatic rings. The van der Waals surface area contributed by atoms with Crippen molar-refractivity contribution in [2.24, 2.45) is 0 Å². The smallest absolute Gasteiger partial charge is 0.0942 e. The first-order chi connectivity index (χ1) is 9.20. The monoisotopic (exact) mass is 263 g/mol. The molecular formula is C17H29NO. The number of hydrogen-bond acceptors (Lipinski definition) is 2. The number of hydrogen-bond donors (Lipinski definition) is 1. The van der Waals surface area contributed by atoms with Crippen LogP contribution in [0.4, 0.5) is 0 Å². The molecule has 0 amide bonds. The summed E-state index contributed by atoms with van der Waals surface area (Å²) >= 11 is 0. The zero-order valence-electron chi connectivity index (χ0n) is 12.7. The van der Waals surface area contributed by atoms with Crippen LogP contribution in [0.5, 0.6) is 0 Å². The Morgan fingerprint density at radius 1 is 1.00 bits per heavy atom. The van der Waals surface area contributed by atoms with Crippen LogP contribution >= 0.6 is 0 Å². The van der Waals surface area contributed by atoms with E-state index in [0.717, 1.165) is 18.7 Å². The minimum Gasteiger partial charge on any atom is -0.387 e.